The molecule has 0 fully saturated rings. The number of benzene rings is 2. The van der Waals surface area contributed by atoms with Gasteiger partial charge in [0, 0.05) is 13.7 Å². The lowest BCUT2D eigenvalue weighted by Crippen LogP contribution is -2.37. The van der Waals surface area contributed by atoms with E-state index >= 15 is 0 Å². The number of aromatic nitrogens is 2. The van der Waals surface area contributed by atoms with Crippen LogP contribution in [-0.2, 0) is 16.1 Å². The molecular formula is C22H25N3O4. The minimum absolute atomic E-state index is 0.105. The van der Waals surface area contributed by atoms with Crippen molar-refractivity contribution in [3.8, 4) is 5.75 Å². The van der Waals surface area contributed by atoms with E-state index in [9.17, 15) is 9.59 Å². The van der Waals surface area contributed by atoms with Gasteiger partial charge in [0.1, 0.15) is 11.6 Å². The maximum absolute atomic E-state index is 12.8. The van der Waals surface area contributed by atoms with Gasteiger partial charge in [-0.2, -0.15) is 0 Å². The number of hydrogen-bond donors (Lipinski definition) is 1. The van der Waals surface area contributed by atoms with Crippen molar-refractivity contribution in [3.05, 3.63) is 69.8 Å². The predicted octanol–water partition coefficient (Wildman–Crippen LogP) is 2.59. The van der Waals surface area contributed by atoms with Crippen LogP contribution in [0.5, 0.6) is 5.75 Å². The summed E-state index contributed by atoms with van der Waals surface area (Å²) in [5, 5.41) is 0.518. The lowest BCUT2D eigenvalue weighted by Gasteiger charge is -2.22. The molecule has 0 bridgehead atoms. The van der Waals surface area contributed by atoms with Crippen molar-refractivity contribution >= 4 is 16.8 Å². The first-order chi connectivity index (χ1) is 14.0. The van der Waals surface area contributed by atoms with Gasteiger partial charge in [0.25, 0.3) is 11.5 Å². The van der Waals surface area contributed by atoms with E-state index in [-0.39, 0.29) is 24.6 Å². The van der Waals surface area contributed by atoms with Gasteiger partial charge in [0.2, 0.25) is 0 Å². The third-order valence-electron chi connectivity index (χ3n) is 4.83. The molecule has 0 aliphatic heterocycles. The van der Waals surface area contributed by atoms with Gasteiger partial charge in [-0.05, 0) is 43.2 Å². The molecule has 7 heteroatoms. The van der Waals surface area contributed by atoms with Gasteiger partial charge in [-0.3, -0.25) is 9.59 Å². The minimum Gasteiger partial charge on any atom is -0.483 e. The first kappa shape index (κ1) is 20.5. The number of amides is 1. The molecule has 0 spiro atoms. The lowest BCUT2D eigenvalue weighted by molar-refractivity contribution is -0.134. The number of fused-ring (bicyclic) bond motifs is 1. The maximum Gasteiger partial charge on any atom is 0.260 e. The van der Waals surface area contributed by atoms with Gasteiger partial charge < -0.3 is 19.4 Å². The molecule has 2 aromatic carbocycles. The molecule has 0 saturated carbocycles. The van der Waals surface area contributed by atoms with Crippen LogP contribution in [0.25, 0.3) is 10.9 Å². The fraction of sp³-hybridized carbons (Fsp3) is 0.318. The Morgan fingerprint density at radius 3 is 2.72 bits per heavy atom. The fourth-order valence-corrected chi connectivity index (χ4v) is 3.00. The number of nitrogens with zero attached hydrogens (tertiary/aromatic N) is 2. The molecule has 0 saturated heterocycles. The van der Waals surface area contributed by atoms with Crippen molar-refractivity contribution in [1.29, 1.82) is 0 Å². The monoisotopic (exact) mass is 395 g/mol. The van der Waals surface area contributed by atoms with Crippen LogP contribution in [0.3, 0.4) is 0 Å². The first-order valence-corrected chi connectivity index (χ1v) is 9.43. The van der Waals surface area contributed by atoms with Crippen LogP contribution in [0, 0.1) is 13.8 Å². The highest BCUT2D eigenvalue weighted by molar-refractivity contribution is 5.78. The van der Waals surface area contributed by atoms with Crippen LogP contribution in [0.4, 0.5) is 0 Å². The number of nitrogens with one attached hydrogen (secondary N) is 1. The lowest BCUT2D eigenvalue weighted by atomic mass is 10.1. The Hall–Kier alpha value is -3.19. The summed E-state index contributed by atoms with van der Waals surface area (Å²) in [4.78, 5) is 33.9. The molecule has 1 N–H and O–H groups in total. The molecule has 7 nitrogen and oxygen atoms in total. The second-order valence-electron chi connectivity index (χ2n) is 6.82. The Bertz CT molecular complexity index is 1060. The summed E-state index contributed by atoms with van der Waals surface area (Å²) in [5.74, 6) is 0.894. The number of methoxy groups -OCH3 is 1. The number of carbonyl (C=O) groups excluding carboxylic acids is 1. The van der Waals surface area contributed by atoms with E-state index in [0.717, 1.165) is 11.1 Å². The third-order valence-corrected chi connectivity index (χ3v) is 4.83. The Kier molecular flexibility index (Phi) is 6.61. The molecule has 1 amide bonds. The van der Waals surface area contributed by atoms with Crippen LogP contribution in [0.15, 0.2) is 47.3 Å². The summed E-state index contributed by atoms with van der Waals surface area (Å²) in [5.41, 5.74) is 2.47. The molecular weight excluding hydrogens is 370 g/mol. The topological polar surface area (TPSA) is 84.5 Å². The number of carbonyl (C=O) groups is 1. The van der Waals surface area contributed by atoms with Gasteiger partial charge in [-0.1, -0.05) is 24.3 Å². The van der Waals surface area contributed by atoms with Crippen LogP contribution >= 0.6 is 0 Å². The minimum atomic E-state index is -0.226. The van der Waals surface area contributed by atoms with E-state index in [1.165, 1.54) is 0 Å². The second kappa shape index (κ2) is 9.34. The average Bonchev–Trinajstić information content (AvgIpc) is 2.72. The van der Waals surface area contributed by atoms with Crippen LogP contribution in [-0.4, -0.2) is 47.6 Å². The summed E-state index contributed by atoms with van der Waals surface area (Å²) < 4.78 is 10.9. The van der Waals surface area contributed by atoms with E-state index in [2.05, 4.69) is 9.97 Å². The zero-order valence-electron chi connectivity index (χ0n) is 16.9. The van der Waals surface area contributed by atoms with E-state index < -0.39 is 0 Å². The number of H-pyrrole nitrogens is 1. The summed E-state index contributed by atoms with van der Waals surface area (Å²) in [6.07, 6.45) is 0. The molecule has 3 rings (SSSR count). The Morgan fingerprint density at radius 1 is 1.14 bits per heavy atom. The predicted molar refractivity (Wildman–Crippen MR) is 111 cm³/mol. The normalized spacial score (nSPS) is 10.9. The number of rotatable bonds is 8. The number of hydrogen-bond acceptors (Lipinski definition) is 5. The van der Waals surface area contributed by atoms with Crippen molar-refractivity contribution in [2.45, 2.75) is 20.4 Å². The van der Waals surface area contributed by atoms with Crippen LogP contribution in [0.2, 0.25) is 0 Å². The quantitative estimate of drug-likeness (QED) is 0.634. The van der Waals surface area contributed by atoms with Gasteiger partial charge >= 0.3 is 0 Å². The molecule has 29 heavy (non-hydrogen) atoms. The SMILES string of the molecule is COCCN(Cc1nc2ccccc2c(=O)[nH]1)C(=O)COc1cccc(C)c1C. The van der Waals surface area contributed by atoms with Gasteiger partial charge in [0.05, 0.1) is 24.1 Å². The standard InChI is InChI=1S/C22H25N3O4/c1-15-7-6-10-19(16(15)2)29-14-21(26)25(11-12-28-3)13-20-23-18-9-5-4-8-17(18)22(27)24-20/h4-10H,11-14H2,1-3H3,(H,23,24,27). The summed E-state index contributed by atoms with van der Waals surface area (Å²) in [6, 6.07) is 12.8. The zero-order chi connectivity index (χ0) is 20.8. The number of ether oxygens (including phenoxy) is 2. The molecule has 152 valence electrons. The van der Waals surface area contributed by atoms with E-state index in [1.54, 1.807) is 30.2 Å². The third kappa shape index (κ3) is 5.00. The summed E-state index contributed by atoms with van der Waals surface area (Å²) in [6.45, 7) is 4.75. The van der Waals surface area contributed by atoms with Crippen LogP contribution < -0.4 is 10.3 Å². The van der Waals surface area contributed by atoms with Crippen molar-refractivity contribution in [2.75, 3.05) is 26.9 Å². The van der Waals surface area contributed by atoms with Gasteiger partial charge in [0.15, 0.2) is 6.61 Å². The molecule has 1 aromatic heterocycles. The average molecular weight is 395 g/mol. The molecule has 0 atom stereocenters. The maximum atomic E-state index is 12.8. The molecule has 3 aromatic rings. The zero-order valence-corrected chi connectivity index (χ0v) is 16.9. The molecule has 1 heterocycles. The second-order valence-corrected chi connectivity index (χ2v) is 6.82. The van der Waals surface area contributed by atoms with Crippen molar-refractivity contribution in [3.63, 3.8) is 0 Å². The number of aromatic amines is 1. The summed E-state index contributed by atoms with van der Waals surface area (Å²) >= 11 is 0. The highest BCUT2D eigenvalue weighted by atomic mass is 16.5. The highest BCUT2D eigenvalue weighted by Gasteiger charge is 2.17. The summed E-state index contributed by atoms with van der Waals surface area (Å²) in [7, 11) is 1.57. The highest BCUT2D eigenvalue weighted by Crippen LogP contribution is 2.20. The Morgan fingerprint density at radius 2 is 1.93 bits per heavy atom. The first-order valence-electron chi connectivity index (χ1n) is 9.43. The van der Waals surface area contributed by atoms with Crippen LogP contribution in [0.1, 0.15) is 17.0 Å². The van der Waals surface area contributed by atoms with Gasteiger partial charge in [-0.15, -0.1) is 0 Å². The molecule has 0 aliphatic rings. The molecule has 0 aliphatic carbocycles. The number of para-hydroxylation sites is 1. The molecule has 0 unspecified atom stereocenters. The van der Waals surface area contributed by atoms with E-state index in [0.29, 0.717) is 35.6 Å². The smallest absolute Gasteiger partial charge is 0.260 e. The fourth-order valence-electron chi connectivity index (χ4n) is 3.00. The largest absolute Gasteiger partial charge is 0.483 e. The number of aryl methyl sites for hydroxylation is 1. The Balaban J connectivity index is 1.76. The Labute approximate surface area is 169 Å². The van der Waals surface area contributed by atoms with Crippen molar-refractivity contribution < 1.29 is 14.3 Å². The van der Waals surface area contributed by atoms with E-state index in [1.807, 2.05) is 38.1 Å². The van der Waals surface area contributed by atoms with E-state index in [4.69, 9.17) is 9.47 Å². The van der Waals surface area contributed by atoms with Crippen molar-refractivity contribution in [1.82, 2.24) is 14.9 Å². The van der Waals surface area contributed by atoms with Crippen molar-refractivity contribution in [2.24, 2.45) is 0 Å². The van der Waals surface area contributed by atoms with Gasteiger partial charge in [-0.25, -0.2) is 4.98 Å². The molecule has 0 radical (unpaired) electrons.